The topological polar surface area (TPSA) is 65.4 Å². The zero-order valence-corrected chi connectivity index (χ0v) is 12.4. The number of imidazole rings is 1. The zero-order chi connectivity index (χ0) is 13.4. The molecule has 1 fully saturated rings. The summed E-state index contributed by atoms with van der Waals surface area (Å²) < 4.78 is 8.64. The van der Waals surface area contributed by atoms with E-state index in [1.54, 1.807) is 6.20 Å². The Morgan fingerprint density at radius 1 is 1.53 bits per heavy atom. The van der Waals surface area contributed by atoms with Gasteiger partial charge in [-0.1, -0.05) is 6.92 Å². The molecule has 1 saturated heterocycles. The summed E-state index contributed by atoms with van der Waals surface area (Å²) in [6.45, 7) is 2.89. The molecule has 19 heavy (non-hydrogen) atoms. The van der Waals surface area contributed by atoms with Crippen LogP contribution in [0.4, 0.5) is 5.82 Å². The second kappa shape index (κ2) is 5.09. The van der Waals surface area contributed by atoms with E-state index in [4.69, 9.17) is 10.5 Å². The van der Waals surface area contributed by atoms with Crippen LogP contribution in [0.5, 0.6) is 0 Å². The van der Waals surface area contributed by atoms with Crippen molar-refractivity contribution in [2.24, 2.45) is 0 Å². The molecule has 5 nitrogen and oxygen atoms in total. The highest BCUT2D eigenvalue weighted by Gasteiger charge is 2.26. The second-order valence-electron chi connectivity index (χ2n) is 4.93. The summed E-state index contributed by atoms with van der Waals surface area (Å²) in [5.74, 6) is 1.82. The first-order valence-corrected chi connectivity index (χ1v) is 7.39. The van der Waals surface area contributed by atoms with Crippen LogP contribution in [-0.2, 0) is 4.74 Å². The van der Waals surface area contributed by atoms with Crippen LogP contribution in [-0.4, -0.2) is 27.1 Å². The lowest BCUT2D eigenvalue weighted by atomic mass is 9.97. The molecule has 0 amide bonds. The number of nitrogen functional groups attached to an aromatic ring is 1. The number of ether oxygens (including phenoxy) is 1. The first kappa shape index (κ1) is 12.9. The molecular formula is C13H17BrN4O. The molecule has 0 saturated carbocycles. The fourth-order valence-electron chi connectivity index (χ4n) is 2.66. The monoisotopic (exact) mass is 324 g/mol. The summed E-state index contributed by atoms with van der Waals surface area (Å²) >= 11 is 3.47. The number of fused-ring (bicyclic) bond motifs is 1. The molecule has 0 aromatic carbocycles. The minimum absolute atomic E-state index is 0.323. The van der Waals surface area contributed by atoms with Crippen LogP contribution < -0.4 is 5.73 Å². The van der Waals surface area contributed by atoms with Crippen molar-refractivity contribution in [1.29, 1.82) is 0 Å². The average molecular weight is 325 g/mol. The second-order valence-corrected chi connectivity index (χ2v) is 5.68. The normalized spacial score (nSPS) is 23.9. The molecule has 0 spiro atoms. The lowest BCUT2D eigenvalue weighted by Gasteiger charge is -2.27. The number of nitrogens with two attached hydrogens (primary N) is 1. The third kappa shape index (κ3) is 2.23. The van der Waals surface area contributed by atoms with Crippen LogP contribution in [0.2, 0.25) is 0 Å². The molecule has 1 aliphatic heterocycles. The van der Waals surface area contributed by atoms with Crippen molar-refractivity contribution >= 4 is 27.3 Å². The van der Waals surface area contributed by atoms with E-state index in [9.17, 15) is 0 Å². The van der Waals surface area contributed by atoms with Gasteiger partial charge in [-0.2, -0.15) is 0 Å². The summed E-state index contributed by atoms with van der Waals surface area (Å²) in [5, 5.41) is 0. The number of halogens is 1. The number of nitrogens with zero attached hydrogens (tertiary/aromatic N) is 3. The maximum absolute atomic E-state index is 5.91. The van der Waals surface area contributed by atoms with Gasteiger partial charge < -0.3 is 10.5 Å². The van der Waals surface area contributed by atoms with Crippen molar-refractivity contribution in [3.63, 3.8) is 0 Å². The molecule has 6 heteroatoms. The summed E-state index contributed by atoms with van der Waals surface area (Å²) in [7, 11) is 0. The fourth-order valence-corrected chi connectivity index (χ4v) is 3.24. The van der Waals surface area contributed by atoms with Gasteiger partial charge in [0.25, 0.3) is 0 Å². The van der Waals surface area contributed by atoms with E-state index in [0.29, 0.717) is 17.8 Å². The van der Waals surface area contributed by atoms with Crippen LogP contribution in [0.25, 0.3) is 5.52 Å². The largest absolute Gasteiger partial charge is 0.382 e. The lowest BCUT2D eigenvalue weighted by molar-refractivity contribution is 0.000327. The highest BCUT2D eigenvalue weighted by atomic mass is 79.9. The summed E-state index contributed by atoms with van der Waals surface area (Å²) in [4.78, 5) is 8.71. The molecule has 2 aromatic rings. The van der Waals surface area contributed by atoms with Crippen LogP contribution in [0, 0.1) is 0 Å². The first-order chi connectivity index (χ1) is 9.20. The highest BCUT2D eigenvalue weighted by molar-refractivity contribution is 9.10. The number of hydrogen-bond acceptors (Lipinski definition) is 4. The van der Waals surface area contributed by atoms with E-state index in [2.05, 4.69) is 32.8 Å². The van der Waals surface area contributed by atoms with Crippen LogP contribution in [0.3, 0.4) is 0 Å². The van der Waals surface area contributed by atoms with E-state index in [1.165, 1.54) is 0 Å². The van der Waals surface area contributed by atoms with Gasteiger partial charge in [0.2, 0.25) is 0 Å². The maximum atomic E-state index is 5.91. The Morgan fingerprint density at radius 3 is 3.05 bits per heavy atom. The third-order valence-electron chi connectivity index (χ3n) is 3.76. The Labute approximate surface area is 120 Å². The number of aromatic nitrogens is 3. The van der Waals surface area contributed by atoms with Crippen molar-refractivity contribution in [2.75, 3.05) is 12.3 Å². The molecule has 3 rings (SSSR count). The Kier molecular flexibility index (Phi) is 3.45. The van der Waals surface area contributed by atoms with Gasteiger partial charge >= 0.3 is 0 Å². The van der Waals surface area contributed by atoms with Crippen LogP contribution >= 0.6 is 15.9 Å². The Bertz CT molecular complexity index is 590. The van der Waals surface area contributed by atoms with Crippen molar-refractivity contribution < 1.29 is 4.74 Å². The van der Waals surface area contributed by atoms with Gasteiger partial charge in [-0.15, -0.1) is 0 Å². The number of anilines is 1. The number of rotatable bonds is 2. The molecule has 3 heterocycles. The van der Waals surface area contributed by atoms with Crippen LogP contribution in [0.15, 0.2) is 17.0 Å². The molecule has 2 aromatic heterocycles. The van der Waals surface area contributed by atoms with Crippen LogP contribution in [0.1, 0.15) is 37.9 Å². The van der Waals surface area contributed by atoms with Gasteiger partial charge in [-0.25, -0.2) is 9.97 Å². The summed E-state index contributed by atoms with van der Waals surface area (Å²) in [5.41, 5.74) is 6.75. The standard InChI is InChI=1S/C13H17BrN4O/c1-2-9-4-3-8(7-19-9)13-17-11(14)10-12(15)16-5-6-18(10)13/h5-6,8-9H,2-4,7H2,1H3,(H2,15,16). The van der Waals surface area contributed by atoms with Crippen molar-refractivity contribution in [3.8, 4) is 0 Å². The fraction of sp³-hybridized carbons (Fsp3) is 0.538. The molecule has 2 unspecified atom stereocenters. The van der Waals surface area contributed by atoms with Crippen molar-refractivity contribution in [1.82, 2.24) is 14.4 Å². The van der Waals surface area contributed by atoms with E-state index >= 15 is 0 Å². The first-order valence-electron chi connectivity index (χ1n) is 6.60. The Hall–Kier alpha value is -1.14. The van der Waals surface area contributed by atoms with Gasteiger partial charge in [-0.05, 0) is 35.2 Å². The number of hydrogen-bond donors (Lipinski definition) is 1. The summed E-state index contributed by atoms with van der Waals surface area (Å²) in [6.07, 6.45) is 7.29. The van der Waals surface area contributed by atoms with E-state index in [1.807, 2.05) is 10.6 Å². The Balaban J connectivity index is 1.96. The molecule has 2 atom stereocenters. The Morgan fingerprint density at radius 2 is 2.37 bits per heavy atom. The predicted octanol–water partition coefficient (Wildman–Crippen LogP) is 2.75. The quantitative estimate of drug-likeness (QED) is 0.922. The van der Waals surface area contributed by atoms with Crippen molar-refractivity contribution in [2.45, 2.75) is 38.2 Å². The molecule has 0 aliphatic carbocycles. The minimum Gasteiger partial charge on any atom is -0.382 e. The molecule has 0 radical (unpaired) electrons. The van der Waals surface area contributed by atoms with E-state index < -0.39 is 0 Å². The molecule has 0 bridgehead atoms. The van der Waals surface area contributed by atoms with E-state index in [-0.39, 0.29) is 0 Å². The highest BCUT2D eigenvalue weighted by Crippen LogP contribution is 2.32. The van der Waals surface area contributed by atoms with Gasteiger partial charge in [0.15, 0.2) is 5.82 Å². The summed E-state index contributed by atoms with van der Waals surface area (Å²) in [6, 6.07) is 0. The molecule has 2 N–H and O–H groups in total. The SMILES string of the molecule is CCC1CCC(c2nc(Br)c3c(N)nccn23)CO1. The van der Waals surface area contributed by atoms with Crippen molar-refractivity contribution in [3.05, 3.63) is 22.8 Å². The molecule has 1 aliphatic rings. The molecule has 102 valence electrons. The van der Waals surface area contributed by atoms with Gasteiger partial charge in [0, 0.05) is 18.3 Å². The molecular weight excluding hydrogens is 308 g/mol. The zero-order valence-electron chi connectivity index (χ0n) is 10.8. The van der Waals surface area contributed by atoms with E-state index in [0.717, 1.165) is 41.8 Å². The smallest absolute Gasteiger partial charge is 0.150 e. The predicted molar refractivity (Wildman–Crippen MR) is 77.1 cm³/mol. The maximum Gasteiger partial charge on any atom is 0.150 e. The average Bonchev–Trinajstić information content (AvgIpc) is 2.78. The third-order valence-corrected chi connectivity index (χ3v) is 4.31. The van der Waals surface area contributed by atoms with Gasteiger partial charge in [-0.3, -0.25) is 4.40 Å². The van der Waals surface area contributed by atoms with Gasteiger partial charge in [0.05, 0.1) is 12.7 Å². The lowest BCUT2D eigenvalue weighted by Crippen LogP contribution is -2.25. The minimum atomic E-state index is 0.323. The van der Waals surface area contributed by atoms with Gasteiger partial charge in [0.1, 0.15) is 15.9 Å².